The van der Waals surface area contributed by atoms with Crippen LogP contribution in [0.4, 0.5) is 0 Å². The van der Waals surface area contributed by atoms with Gasteiger partial charge in [0.1, 0.15) is 11.4 Å². The first-order valence-electron chi connectivity index (χ1n) is 9.75. The Kier molecular flexibility index (Phi) is 9.57. The van der Waals surface area contributed by atoms with Crippen molar-refractivity contribution in [1.82, 2.24) is 15.5 Å². The van der Waals surface area contributed by atoms with Gasteiger partial charge < -0.3 is 25.1 Å². The highest BCUT2D eigenvalue weighted by atomic mass is 127. The number of aliphatic imine (C=N–C) groups is 1. The van der Waals surface area contributed by atoms with Gasteiger partial charge in [-0.2, -0.15) is 0 Å². The molecule has 1 heterocycles. The minimum Gasteiger partial charge on any atom is -0.466 e. The number of guanidine groups is 1. The van der Waals surface area contributed by atoms with E-state index in [2.05, 4.69) is 41.5 Å². The number of aliphatic hydroxyl groups is 1. The molecule has 1 saturated carbocycles. The molecule has 6 nitrogen and oxygen atoms in total. The van der Waals surface area contributed by atoms with Crippen molar-refractivity contribution in [2.24, 2.45) is 10.9 Å². The van der Waals surface area contributed by atoms with E-state index in [1.54, 1.807) is 25.3 Å². The Morgan fingerprint density at radius 3 is 2.74 bits per heavy atom. The Balaban J connectivity index is 0.00000364. The average Bonchev–Trinajstić information content (AvgIpc) is 3.13. The molecule has 0 amide bonds. The largest absolute Gasteiger partial charge is 0.466 e. The van der Waals surface area contributed by atoms with Crippen LogP contribution in [0.5, 0.6) is 0 Å². The first-order valence-corrected chi connectivity index (χ1v) is 9.75. The van der Waals surface area contributed by atoms with Gasteiger partial charge in [0.25, 0.3) is 0 Å². The Morgan fingerprint density at radius 2 is 2.19 bits per heavy atom. The predicted molar refractivity (Wildman–Crippen MR) is 122 cm³/mol. The van der Waals surface area contributed by atoms with E-state index >= 15 is 0 Å². The molecule has 7 heteroatoms. The molecule has 2 rings (SSSR count). The summed E-state index contributed by atoms with van der Waals surface area (Å²) in [6, 6.07) is 3.56. The van der Waals surface area contributed by atoms with E-state index in [-0.39, 0.29) is 36.1 Å². The molecule has 3 N–H and O–H groups in total. The van der Waals surface area contributed by atoms with Crippen LogP contribution in [0, 0.1) is 5.92 Å². The summed E-state index contributed by atoms with van der Waals surface area (Å²) in [5.74, 6) is 2.01. The lowest BCUT2D eigenvalue weighted by Crippen LogP contribution is -2.56. The van der Waals surface area contributed by atoms with E-state index in [1.807, 2.05) is 6.92 Å². The molecule has 0 bridgehead atoms. The average molecular weight is 492 g/mol. The third-order valence-electron chi connectivity index (χ3n) is 5.54. The van der Waals surface area contributed by atoms with Gasteiger partial charge in [0, 0.05) is 18.6 Å². The molecule has 0 spiro atoms. The summed E-state index contributed by atoms with van der Waals surface area (Å²) in [5, 5.41) is 17.4. The van der Waals surface area contributed by atoms with Gasteiger partial charge in [-0.3, -0.25) is 0 Å². The van der Waals surface area contributed by atoms with Crippen LogP contribution >= 0.6 is 24.0 Å². The summed E-state index contributed by atoms with van der Waals surface area (Å²) in [4.78, 5) is 6.96. The normalized spacial score (nSPS) is 25.6. The number of nitrogens with one attached hydrogen (secondary N) is 2. The van der Waals surface area contributed by atoms with Gasteiger partial charge in [-0.25, -0.2) is 4.99 Å². The van der Waals surface area contributed by atoms with Gasteiger partial charge in [0.15, 0.2) is 5.96 Å². The highest BCUT2D eigenvalue weighted by molar-refractivity contribution is 14.0. The van der Waals surface area contributed by atoms with Crippen LogP contribution in [0.15, 0.2) is 27.8 Å². The zero-order valence-electron chi connectivity index (χ0n) is 17.4. The highest BCUT2D eigenvalue weighted by Crippen LogP contribution is 2.35. The van der Waals surface area contributed by atoms with E-state index in [4.69, 9.17) is 4.42 Å². The lowest BCUT2D eigenvalue weighted by atomic mass is 9.75. The standard InChI is InChI=1S/C20H36N4O2.HI/c1-6-21-18(22-14-19(3,25)17-10-8-12-26-17)23-15-20(24(4)5)11-7-9-16(2)13-20;/h8,10,12,16,25H,6-7,9,11,13-15H2,1-5H3,(H2,21,22,23);1H. The van der Waals surface area contributed by atoms with Crippen molar-refractivity contribution in [1.29, 1.82) is 0 Å². The number of furan rings is 1. The topological polar surface area (TPSA) is 73.0 Å². The first-order chi connectivity index (χ1) is 12.3. The fraction of sp³-hybridized carbons (Fsp3) is 0.750. The molecule has 1 aromatic heterocycles. The van der Waals surface area contributed by atoms with Crippen molar-refractivity contribution in [3.05, 3.63) is 24.2 Å². The van der Waals surface area contributed by atoms with Crippen molar-refractivity contribution in [2.75, 3.05) is 33.7 Å². The highest BCUT2D eigenvalue weighted by Gasteiger charge is 2.37. The molecule has 0 radical (unpaired) electrons. The van der Waals surface area contributed by atoms with Crippen LogP contribution in [-0.2, 0) is 5.60 Å². The Morgan fingerprint density at radius 1 is 1.44 bits per heavy atom. The summed E-state index contributed by atoms with van der Waals surface area (Å²) in [5.41, 5.74) is -0.970. The van der Waals surface area contributed by atoms with Gasteiger partial charge in [-0.15, -0.1) is 24.0 Å². The first kappa shape index (κ1) is 24.2. The summed E-state index contributed by atoms with van der Waals surface area (Å²) >= 11 is 0. The fourth-order valence-corrected chi connectivity index (χ4v) is 3.84. The van der Waals surface area contributed by atoms with Gasteiger partial charge in [-0.05, 0) is 58.8 Å². The molecule has 1 aromatic rings. The summed E-state index contributed by atoms with van der Waals surface area (Å²) < 4.78 is 5.34. The van der Waals surface area contributed by atoms with Gasteiger partial charge in [0.05, 0.1) is 12.8 Å². The number of halogens is 1. The number of likely N-dealkylation sites (N-methyl/N-ethyl adjacent to an activating group) is 1. The van der Waals surface area contributed by atoms with Crippen LogP contribution in [0.1, 0.15) is 52.2 Å². The lowest BCUT2D eigenvalue weighted by molar-refractivity contribution is 0.0436. The number of rotatable bonds is 7. The Bertz CT molecular complexity index is 575. The summed E-state index contributed by atoms with van der Waals surface area (Å²) in [6.45, 7) is 7.98. The molecule has 1 aliphatic carbocycles. The number of hydrogen-bond acceptors (Lipinski definition) is 4. The third-order valence-corrected chi connectivity index (χ3v) is 5.54. The molecule has 1 fully saturated rings. The maximum atomic E-state index is 10.6. The van der Waals surface area contributed by atoms with Gasteiger partial charge >= 0.3 is 0 Å². The molecular formula is C20H37IN4O2. The van der Waals surface area contributed by atoms with Gasteiger partial charge in [-0.1, -0.05) is 19.8 Å². The van der Waals surface area contributed by atoms with Gasteiger partial charge in [0.2, 0.25) is 0 Å². The van der Waals surface area contributed by atoms with Crippen LogP contribution < -0.4 is 10.6 Å². The second kappa shape index (κ2) is 10.7. The van der Waals surface area contributed by atoms with E-state index in [1.165, 1.54) is 25.7 Å². The summed E-state index contributed by atoms with van der Waals surface area (Å²) in [6.07, 6.45) is 6.54. The molecule has 0 aromatic carbocycles. The van der Waals surface area contributed by atoms with Crippen molar-refractivity contribution in [3.8, 4) is 0 Å². The molecular weight excluding hydrogens is 455 g/mol. The quantitative estimate of drug-likeness (QED) is 0.310. The lowest BCUT2D eigenvalue weighted by Gasteiger charge is -2.45. The smallest absolute Gasteiger partial charge is 0.191 e. The SMILES string of the molecule is CCNC(=NCC(C)(O)c1ccco1)NCC1(N(C)C)CCCC(C)C1.I. The van der Waals surface area contributed by atoms with Crippen LogP contribution in [0.2, 0.25) is 0 Å². The van der Waals surface area contributed by atoms with Crippen molar-refractivity contribution < 1.29 is 9.52 Å². The van der Waals surface area contributed by atoms with Crippen molar-refractivity contribution in [2.45, 2.75) is 57.6 Å². The predicted octanol–water partition coefficient (Wildman–Crippen LogP) is 3.17. The van der Waals surface area contributed by atoms with Crippen LogP contribution in [0.25, 0.3) is 0 Å². The van der Waals surface area contributed by atoms with Crippen molar-refractivity contribution in [3.63, 3.8) is 0 Å². The molecule has 1 aliphatic rings. The minimum atomic E-state index is -1.12. The maximum Gasteiger partial charge on any atom is 0.191 e. The zero-order chi connectivity index (χ0) is 19.2. The van der Waals surface area contributed by atoms with Crippen LogP contribution in [0.3, 0.4) is 0 Å². The molecule has 0 saturated heterocycles. The van der Waals surface area contributed by atoms with E-state index in [9.17, 15) is 5.11 Å². The molecule has 3 unspecified atom stereocenters. The van der Waals surface area contributed by atoms with Crippen LogP contribution in [-0.4, -0.2) is 55.2 Å². The molecule has 0 aliphatic heterocycles. The fourth-order valence-electron chi connectivity index (χ4n) is 3.84. The molecule has 156 valence electrons. The second-order valence-electron chi connectivity index (χ2n) is 8.12. The second-order valence-corrected chi connectivity index (χ2v) is 8.12. The monoisotopic (exact) mass is 492 g/mol. The van der Waals surface area contributed by atoms with E-state index < -0.39 is 5.60 Å². The number of hydrogen-bond donors (Lipinski definition) is 3. The Hall–Kier alpha value is -0.800. The summed E-state index contributed by atoms with van der Waals surface area (Å²) in [7, 11) is 4.34. The maximum absolute atomic E-state index is 10.6. The minimum absolute atomic E-state index is 0. The van der Waals surface area contributed by atoms with E-state index in [0.717, 1.165) is 25.0 Å². The number of nitrogens with zero attached hydrogens (tertiary/aromatic N) is 2. The Labute approximate surface area is 181 Å². The van der Waals surface area contributed by atoms with Crippen molar-refractivity contribution >= 4 is 29.9 Å². The molecule has 3 atom stereocenters. The zero-order valence-corrected chi connectivity index (χ0v) is 19.7. The molecule has 27 heavy (non-hydrogen) atoms. The third kappa shape index (κ3) is 6.64. The van der Waals surface area contributed by atoms with E-state index in [0.29, 0.717) is 5.76 Å².